The summed E-state index contributed by atoms with van der Waals surface area (Å²) in [5.74, 6) is -0.320. The Labute approximate surface area is 336 Å². The van der Waals surface area contributed by atoms with Crippen molar-refractivity contribution in [2.45, 2.75) is 168 Å². The second kappa shape index (κ2) is 14.6. The molecule has 5 fully saturated rings. The van der Waals surface area contributed by atoms with Crippen molar-refractivity contribution in [3.63, 3.8) is 0 Å². The summed E-state index contributed by atoms with van der Waals surface area (Å²) in [5.41, 5.74) is 1.45. The summed E-state index contributed by atoms with van der Waals surface area (Å²) in [6.07, 6.45) is 9.38. The molecule has 0 radical (unpaired) electrons. The Kier molecular flexibility index (Phi) is 11.3. The number of esters is 4. The van der Waals surface area contributed by atoms with E-state index in [0.717, 1.165) is 51.4 Å². The number of carbonyl (C=O) groups excluding carboxylic acids is 4. The molecule has 10 nitrogen and oxygen atoms in total. The first-order valence-electron chi connectivity index (χ1n) is 20.3. The Morgan fingerprint density at radius 1 is 0.815 bits per heavy atom. The molecule has 304 valence electrons. The van der Waals surface area contributed by atoms with E-state index in [-0.39, 0.29) is 45.8 Å². The maximum Gasteiger partial charge on any atom is 0.311 e. The first kappa shape index (κ1) is 41.9. The molecule has 0 spiro atoms. The van der Waals surface area contributed by atoms with E-state index < -0.39 is 51.8 Å². The predicted molar refractivity (Wildman–Crippen MR) is 210 cm³/mol. The van der Waals surface area contributed by atoms with Crippen molar-refractivity contribution < 1.29 is 47.6 Å². The van der Waals surface area contributed by atoms with Crippen molar-refractivity contribution in [2.75, 3.05) is 13.7 Å². The molecule has 0 unspecified atom stereocenters. The van der Waals surface area contributed by atoms with E-state index in [1.165, 1.54) is 40.7 Å². The molecule has 0 aromatic carbocycles. The van der Waals surface area contributed by atoms with E-state index in [1.807, 2.05) is 0 Å². The number of fused-ring (bicyclic) bond motifs is 7. The number of rotatable bonds is 7. The summed E-state index contributed by atoms with van der Waals surface area (Å²) < 4.78 is 35.1. The van der Waals surface area contributed by atoms with E-state index >= 15 is 0 Å². The average Bonchev–Trinajstić information content (AvgIpc) is 3.08. The van der Waals surface area contributed by atoms with Gasteiger partial charge in [-0.1, -0.05) is 75.8 Å². The Hall–Kier alpha value is -1.73. The molecule has 1 saturated heterocycles. The SMILES string of the molecule is COC(=O)[C@@]1(C)CC[C@]2(C)CC[C@]3(C)C(=CC[C@@H]4[C@@]5(C)CC[C@H](O[C@H]6O[C@H](COC(C)=O)[C@@H](OC(C)=O)[C@H](OC(C)=O)[C@@H]6I)C(C)(C)[C@@H]5CC[C@]43C)[C@@H]2C1. The zero-order chi connectivity index (χ0) is 39.8. The minimum Gasteiger partial charge on any atom is -0.469 e. The molecule has 54 heavy (non-hydrogen) atoms. The van der Waals surface area contributed by atoms with E-state index in [2.05, 4.69) is 77.1 Å². The predicted octanol–water partition coefficient (Wildman–Crippen LogP) is 8.30. The standard InChI is InChI=1S/C43H65IO10/c1-24(45)50-23-29-34(51-25(2)46)35(52-26(3)47)33(44)36(53-29)54-32-15-16-41(8)30(38(32,4)5)14-17-43(10)31(41)13-12-27-28-22-40(7,37(48)49-11)19-18-39(28,6)20-21-42(27,43)9/h12,28-36H,13-23H2,1-11H3/t28-,29+,30-,31+,32-,33-,34+,35+,36+,39+,40-,41-,42+,43+/m0/s1. The highest BCUT2D eigenvalue weighted by molar-refractivity contribution is 14.1. The van der Waals surface area contributed by atoms with Gasteiger partial charge in [0.1, 0.15) is 16.6 Å². The van der Waals surface area contributed by atoms with Gasteiger partial charge in [-0.25, -0.2) is 0 Å². The molecule has 0 aromatic rings. The molecule has 0 amide bonds. The van der Waals surface area contributed by atoms with Gasteiger partial charge in [-0.2, -0.15) is 0 Å². The van der Waals surface area contributed by atoms with Crippen molar-refractivity contribution in [3.8, 4) is 0 Å². The smallest absolute Gasteiger partial charge is 0.311 e. The second-order valence-electron chi connectivity index (χ2n) is 19.7. The lowest BCUT2D eigenvalue weighted by Crippen LogP contribution is -2.65. The summed E-state index contributed by atoms with van der Waals surface area (Å²) in [6, 6.07) is 0. The second-order valence-corrected chi connectivity index (χ2v) is 21.1. The first-order chi connectivity index (χ1) is 25.1. The highest BCUT2D eigenvalue weighted by atomic mass is 127. The maximum absolute atomic E-state index is 13.1. The van der Waals surface area contributed by atoms with Crippen LogP contribution >= 0.6 is 22.6 Å². The van der Waals surface area contributed by atoms with Crippen molar-refractivity contribution in [2.24, 2.45) is 50.2 Å². The summed E-state index contributed by atoms with van der Waals surface area (Å²) in [4.78, 5) is 49.4. The fourth-order valence-electron chi connectivity index (χ4n) is 13.1. The molecule has 4 saturated carbocycles. The Balaban J connectivity index is 1.26. The monoisotopic (exact) mass is 868 g/mol. The molecule has 1 heterocycles. The number of hydrogen-bond donors (Lipinski definition) is 0. The first-order valence-corrected chi connectivity index (χ1v) is 21.5. The van der Waals surface area contributed by atoms with Crippen LogP contribution in [0.3, 0.4) is 0 Å². The molecule has 6 aliphatic rings. The molecular formula is C43H65IO10. The number of methoxy groups -OCH3 is 1. The average molecular weight is 869 g/mol. The van der Waals surface area contributed by atoms with E-state index in [0.29, 0.717) is 17.8 Å². The lowest BCUT2D eigenvalue weighted by Gasteiger charge is -2.71. The summed E-state index contributed by atoms with van der Waals surface area (Å²) in [6.45, 7) is 20.8. The zero-order valence-corrected chi connectivity index (χ0v) is 36.7. The number of alkyl halides is 1. The third-order valence-corrected chi connectivity index (χ3v) is 17.7. The molecule has 1 aliphatic heterocycles. The van der Waals surface area contributed by atoms with Crippen molar-refractivity contribution >= 4 is 46.5 Å². The van der Waals surface area contributed by atoms with Crippen molar-refractivity contribution in [1.29, 1.82) is 0 Å². The van der Waals surface area contributed by atoms with Gasteiger partial charge in [0.15, 0.2) is 18.5 Å². The topological polar surface area (TPSA) is 124 Å². The lowest BCUT2D eigenvalue weighted by atomic mass is 9.33. The van der Waals surface area contributed by atoms with Crippen LogP contribution in [0.2, 0.25) is 0 Å². The zero-order valence-electron chi connectivity index (χ0n) is 34.5. The fraction of sp³-hybridized carbons (Fsp3) is 0.860. The van der Waals surface area contributed by atoms with Gasteiger partial charge >= 0.3 is 23.9 Å². The summed E-state index contributed by atoms with van der Waals surface area (Å²) in [5, 5.41) is 0. The van der Waals surface area contributed by atoms with Gasteiger partial charge in [-0.05, 0) is 116 Å². The van der Waals surface area contributed by atoms with Crippen LogP contribution in [-0.4, -0.2) is 72.2 Å². The van der Waals surface area contributed by atoms with E-state index in [9.17, 15) is 19.2 Å². The van der Waals surface area contributed by atoms with Crippen LogP contribution in [0.5, 0.6) is 0 Å². The van der Waals surface area contributed by atoms with Gasteiger partial charge in [-0.15, -0.1) is 0 Å². The van der Waals surface area contributed by atoms with Crippen LogP contribution in [0, 0.1) is 50.2 Å². The summed E-state index contributed by atoms with van der Waals surface area (Å²) in [7, 11) is 1.53. The normalized spacial score (nSPS) is 46.6. The molecule has 14 atom stereocenters. The maximum atomic E-state index is 13.1. The van der Waals surface area contributed by atoms with Crippen LogP contribution < -0.4 is 0 Å². The largest absolute Gasteiger partial charge is 0.469 e. The van der Waals surface area contributed by atoms with Crippen LogP contribution in [0.25, 0.3) is 0 Å². The molecule has 5 aliphatic carbocycles. The number of ether oxygens (including phenoxy) is 6. The van der Waals surface area contributed by atoms with Crippen LogP contribution in [0.15, 0.2) is 11.6 Å². The minimum atomic E-state index is -0.961. The van der Waals surface area contributed by atoms with E-state index in [1.54, 1.807) is 5.57 Å². The van der Waals surface area contributed by atoms with Crippen LogP contribution in [-0.2, 0) is 47.6 Å². The minimum absolute atomic E-state index is 0.0610. The van der Waals surface area contributed by atoms with Crippen molar-refractivity contribution in [3.05, 3.63) is 11.6 Å². The number of carbonyl (C=O) groups is 4. The molecular weight excluding hydrogens is 803 g/mol. The molecule has 0 aromatic heterocycles. The van der Waals surface area contributed by atoms with Crippen molar-refractivity contribution in [1.82, 2.24) is 0 Å². The number of halogens is 1. The van der Waals surface area contributed by atoms with Gasteiger partial charge in [0.25, 0.3) is 0 Å². The molecule has 6 rings (SSSR count). The summed E-state index contributed by atoms with van der Waals surface area (Å²) >= 11 is 2.18. The van der Waals surface area contributed by atoms with E-state index in [4.69, 9.17) is 28.4 Å². The highest BCUT2D eigenvalue weighted by Crippen LogP contribution is 2.76. The Morgan fingerprint density at radius 3 is 2.09 bits per heavy atom. The third-order valence-electron chi connectivity index (χ3n) is 16.4. The number of allylic oxidation sites excluding steroid dienone is 2. The van der Waals surface area contributed by atoms with Gasteiger partial charge in [-0.3, -0.25) is 19.2 Å². The van der Waals surface area contributed by atoms with Gasteiger partial charge in [0.05, 0.1) is 18.6 Å². The fourth-order valence-corrected chi connectivity index (χ4v) is 14.0. The Morgan fingerprint density at radius 2 is 1.46 bits per heavy atom. The molecule has 0 bridgehead atoms. The van der Waals surface area contributed by atoms with Gasteiger partial charge < -0.3 is 28.4 Å². The molecule has 0 N–H and O–H groups in total. The quantitative estimate of drug-likeness (QED) is 0.0617. The Bertz CT molecular complexity index is 1540. The lowest BCUT2D eigenvalue weighted by molar-refractivity contribution is -0.295. The van der Waals surface area contributed by atoms with Crippen LogP contribution in [0.4, 0.5) is 0 Å². The number of hydrogen-bond acceptors (Lipinski definition) is 10. The van der Waals surface area contributed by atoms with Gasteiger partial charge in [0.2, 0.25) is 0 Å². The highest BCUT2D eigenvalue weighted by Gasteiger charge is 2.68. The third kappa shape index (κ3) is 6.77. The van der Waals surface area contributed by atoms with Gasteiger partial charge in [0, 0.05) is 20.8 Å². The molecule has 11 heteroatoms. The van der Waals surface area contributed by atoms with Crippen LogP contribution in [0.1, 0.15) is 133 Å².